The molecule has 0 bridgehead atoms. The number of carbonyl (C=O) groups excluding carboxylic acids is 6. The molecule has 332 valence electrons. The zero-order valence-electron chi connectivity index (χ0n) is 35.6. The lowest BCUT2D eigenvalue weighted by Crippen LogP contribution is -2.53. The molecule has 57 heavy (non-hydrogen) atoms. The first-order valence-corrected chi connectivity index (χ1v) is 22.4. The number of unbranched alkanes of at least 4 members (excludes halogenated alkanes) is 15. The predicted molar refractivity (Wildman–Crippen MR) is 229 cm³/mol. The van der Waals surface area contributed by atoms with Gasteiger partial charge in [-0.25, -0.2) is 0 Å². The van der Waals surface area contributed by atoms with E-state index in [0.717, 1.165) is 64.2 Å². The van der Waals surface area contributed by atoms with Gasteiger partial charge in [0.05, 0.1) is 0 Å². The number of primary amides is 1. The smallest absolute Gasteiger partial charge is 0.243 e. The molecule has 15 heteroatoms. The predicted octanol–water partition coefficient (Wildman–Crippen LogP) is 3.59. The molecule has 0 aliphatic rings. The van der Waals surface area contributed by atoms with Gasteiger partial charge >= 0.3 is 0 Å². The molecule has 0 saturated heterocycles. The van der Waals surface area contributed by atoms with Gasteiger partial charge in [0.1, 0.15) is 18.1 Å². The Morgan fingerprint density at radius 3 is 1.26 bits per heavy atom. The van der Waals surface area contributed by atoms with Crippen LogP contribution in [0.2, 0.25) is 0 Å². The molecule has 0 fully saturated rings. The van der Waals surface area contributed by atoms with Crippen LogP contribution in [0.25, 0.3) is 0 Å². The Morgan fingerprint density at radius 1 is 0.404 bits per heavy atom. The molecular weight excluding hydrogens is 727 g/mol. The van der Waals surface area contributed by atoms with Gasteiger partial charge in [-0.1, -0.05) is 71.1 Å². The van der Waals surface area contributed by atoms with E-state index in [9.17, 15) is 28.8 Å². The topological polar surface area (TPSA) is 267 Å². The van der Waals surface area contributed by atoms with Crippen molar-refractivity contribution < 1.29 is 28.8 Å². The third-order valence-corrected chi connectivity index (χ3v) is 10.1. The molecule has 13 N–H and O–H groups in total. The van der Waals surface area contributed by atoms with Crippen molar-refractivity contribution in [3.8, 4) is 0 Å². The van der Waals surface area contributed by atoms with Crippen LogP contribution in [0.4, 0.5) is 0 Å². The van der Waals surface area contributed by atoms with Gasteiger partial charge in [0.2, 0.25) is 35.4 Å². The van der Waals surface area contributed by atoms with Crippen LogP contribution in [0, 0.1) is 0 Å². The Bertz CT molecular complexity index is 1080. The lowest BCUT2D eigenvalue weighted by Gasteiger charge is -2.23. The Labute approximate surface area is 344 Å². The molecule has 0 saturated carbocycles. The standard InChI is InChI=1S/C42H83N9O6/c1-2-3-4-5-6-7-8-9-12-27-39(54)50-36(25-17-20-31-45)42(57)51-35(24-16-19-30-44)41(56)48-33-22-10-13-26-37(52)47-32-21-11-14-28-38(53)49-34(40(46)55)23-15-18-29-43/h34-36H,2-33,43-45H2,1H3,(H2,46,55)(H,47,52)(H,48,56)(H,49,53)(H,50,54)(H,51,57). The van der Waals surface area contributed by atoms with Crippen molar-refractivity contribution in [3.63, 3.8) is 0 Å². The minimum Gasteiger partial charge on any atom is -0.368 e. The first-order chi connectivity index (χ1) is 27.6. The van der Waals surface area contributed by atoms with Crippen molar-refractivity contribution >= 4 is 35.4 Å². The third-order valence-electron chi connectivity index (χ3n) is 10.1. The van der Waals surface area contributed by atoms with Crippen LogP contribution in [0.15, 0.2) is 0 Å². The monoisotopic (exact) mass is 810 g/mol. The summed E-state index contributed by atoms with van der Waals surface area (Å²) < 4.78 is 0. The average Bonchev–Trinajstić information content (AvgIpc) is 3.18. The summed E-state index contributed by atoms with van der Waals surface area (Å²) in [6, 6.07) is -2.15. The summed E-state index contributed by atoms with van der Waals surface area (Å²) in [5.41, 5.74) is 22.3. The number of rotatable bonds is 40. The van der Waals surface area contributed by atoms with Crippen molar-refractivity contribution in [1.82, 2.24) is 26.6 Å². The van der Waals surface area contributed by atoms with Gasteiger partial charge in [-0.2, -0.15) is 0 Å². The number of nitrogens with one attached hydrogen (secondary N) is 5. The SMILES string of the molecule is CCCCCCCCCCCC(=O)NC(CCCCN)C(=O)NC(CCCCN)C(=O)NCCCCCC(=O)NCCCCCC(=O)NC(CCCCN)C(N)=O. The molecular formula is C42H83N9O6. The molecule has 15 nitrogen and oxygen atoms in total. The van der Waals surface area contributed by atoms with Crippen LogP contribution in [0.5, 0.6) is 0 Å². The highest BCUT2D eigenvalue weighted by atomic mass is 16.2. The van der Waals surface area contributed by atoms with Gasteiger partial charge in [0.25, 0.3) is 0 Å². The van der Waals surface area contributed by atoms with Crippen molar-refractivity contribution in [1.29, 1.82) is 0 Å². The molecule has 6 amide bonds. The second-order valence-electron chi connectivity index (χ2n) is 15.4. The Balaban J connectivity index is 4.54. The Hall–Kier alpha value is -3.30. The summed E-state index contributed by atoms with van der Waals surface area (Å²) in [6.45, 7) is 4.67. The molecule has 0 aliphatic carbocycles. The van der Waals surface area contributed by atoms with E-state index < -0.39 is 24.0 Å². The lowest BCUT2D eigenvalue weighted by molar-refractivity contribution is -0.132. The second kappa shape index (κ2) is 38.2. The number of hydrogen-bond acceptors (Lipinski definition) is 9. The highest BCUT2D eigenvalue weighted by molar-refractivity contribution is 5.92. The molecule has 0 rings (SSSR count). The van der Waals surface area contributed by atoms with Crippen LogP contribution < -0.4 is 49.5 Å². The number of amides is 6. The molecule has 0 aromatic carbocycles. The maximum atomic E-state index is 13.4. The van der Waals surface area contributed by atoms with E-state index >= 15 is 0 Å². The third kappa shape index (κ3) is 32.4. The molecule has 0 aliphatic heterocycles. The van der Waals surface area contributed by atoms with E-state index in [1.807, 2.05) is 0 Å². The maximum absolute atomic E-state index is 13.4. The quantitative estimate of drug-likeness (QED) is 0.0409. The molecule has 0 aromatic rings. The van der Waals surface area contributed by atoms with E-state index in [0.29, 0.717) is 103 Å². The number of hydrogen-bond donors (Lipinski definition) is 9. The molecule has 0 spiro atoms. The molecule has 0 aromatic heterocycles. The van der Waals surface area contributed by atoms with Crippen LogP contribution in [0.3, 0.4) is 0 Å². The van der Waals surface area contributed by atoms with Crippen LogP contribution in [-0.2, 0) is 28.8 Å². The summed E-state index contributed by atoms with van der Waals surface area (Å²) in [5, 5.41) is 14.4. The van der Waals surface area contributed by atoms with Crippen LogP contribution in [0.1, 0.15) is 180 Å². The normalized spacial score (nSPS) is 12.6. The van der Waals surface area contributed by atoms with E-state index in [1.54, 1.807) is 0 Å². The van der Waals surface area contributed by atoms with Crippen molar-refractivity contribution in [2.75, 3.05) is 32.7 Å². The van der Waals surface area contributed by atoms with Crippen LogP contribution >= 0.6 is 0 Å². The molecule has 3 atom stereocenters. The van der Waals surface area contributed by atoms with Gasteiger partial charge in [0, 0.05) is 32.4 Å². The van der Waals surface area contributed by atoms with Gasteiger partial charge in [-0.3, -0.25) is 28.8 Å². The molecule has 0 radical (unpaired) electrons. The average molecular weight is 810 g/mol. The number of nitrogens with two attached hydrogens (primary N) is 4. The zero-order valence-corrected chi connectivity index (χ0v) is 35.6. The highest BCUT2D eigenvalue weighted by Gasteiger charge is 2.26. The summed E-state index contributed by atoms with van der Waals surface area (Å²) in [7, 11) is 0. The Kier molecular flexibility index (Phi) is 36.0. The van der Waals surface area contributed by atoms with Crippen molar-refractivity contribution in [2.45, 2.75) is 198 Å². The van der Waals surface area contributed by atoms with E-state index in [4.69, 9.17) is 22.9 Å². The van der Waals surface area contributed by atoms with Gasteiger partial charge in [-0.15, -0.1) is 0 Å². The summed E-state index contributed by atoms with van der Waals surface area (Å²) >= 11 is 0. The van der Waals surface area contributed by atoms with E-state index in [1.165, 1.54) is 38.5 Å². The van der Waals surface area contributed by atoms with Crippen molar-refractivity contribution in [3.05, 3.63) is 0 Å². The lowest BCUT2D eigenvalue weighted by atomic mass is 10.0. The van der Waals surface area contributed by atoms with E-state index in [-0.39, 0.29) is 29.5 Å². The fraction of sp³-hybridized carbons (Fsp3) is 0.857. The van der Waals surface area contributed by atoms with Gasteiger partial charge in [-0.05, 0) is 110 Å². The minimum absolute atomic E-state index is 0.0393. The Morgan fingerprint density at radius 2 is 0.789 bits per heavy atom. The first-order valence-electron chi connectivity index (χ1n) is 22.4. The highest BCUT2D eigenvalue weighted by Crippen LogP contribution is 2.12. The zero-order chi connectivity index (χ0) is 42.4. The fourth-order valence-corrected chi connectivity index (χ4v) is 6.53. The minimum atomic E-state index is -0.742. The van der Waals surface area contributed by atoms with Gasteiger partial charge < -0.3 is 49.5 Å². The van der Waals surface area contributed by atoms with Crippen LogP contribution in [-0.4, -0.2) is 86.3 Å². The molecule has 0 heterocycles. The first kappa shape index (κ1) is 53.7. The van der Waals surface area contributed by atoms with Gasteiger partial charge in [0.15, 0.2) is 0 Å². The van der Waals surface area contributed by atoms with Crippen molar-refractivity contribution in [2.24, 2.45) is 22.9 Å². The second-order valence-corrected chi connectivity index (χ2v) is 15.4. The van der Waals surface area contributed by atoms with E-state index in [2.05, 4.69) is 33.5 Å². The summed E-state index contributed by atoms with van der Waals surface area (Å²) in [5.74, 6) is -1.57. The number of carbonyl (C=O) groups is 6. The summed E-state index contributed by atoms with van der Waals surface area (Å²) in [4.78, 5) is 75.5. The fourth-order valence-electron chi connectivity index (χ4n) is 6.53. The summed E-state index contributed by atoms with van der Waals surface area (Å²) in [6.07, 6.45) is 21.4. The molecule has 3 unspecified atom stereocenters. The largest absolute Gasteiger partial charge is 0.368 e. The maximum Gasteiger partial charge on any atom is 0.243 e.